The number of rotatable bonds is 4. The van der Waals surface area contributed by atoms with Crippen molar-refractivity contribution in [2.24, 2.45) is 0 Å². The van der Waals surface area contributed by atoms with Gasteiger partial charge in [0, 0.05) is 24.1 Å². The summed E-state index contributed by atoms with van der Waals surface area (Å²) < 4.78 is 0. The number of pyridine rings is 1. The maximum Gasteiger partial charge on any atom is 0.170 e. The number of aliphatic hydroxyl groups is 1. The normalized spacial score (nSPS) is 21.2. The molecule has 0 aliphatic carbocycles. The van der Waals surface area contributed by atoms with Gasteiger partial charge in [0.05, 0.1) is 24.4 Å². The number of nitrogens with one attached hydrogen (secondary N) is 2. The van der Waals surface area contributed by atoms with Gasteiger partial charge in [0.25, 0.3) is 0 Å². The molecule has 1 aliphatic rings. The Morgan fingerprint density at radius 2 is 2.18 bits per heavy atom. The summed E-state index contributed by atoms with van der Waals surface area (Å²) in [6, 6.07) is 8.05. The van der Waals surface area contributed by atoms with Gasteiger partial charge in [-0.3, -0.25) is 4.98 Å². The maximum atomic E-state index is 9.39. The lowest BCUT2D eigenvalue weighted by Crippen LogP contribution is -2.32. The van der Waals surface area contributed by atoms with E-state index in [1.165, 1.54) is 5.56 Å². The number of hydrogen-bond donors (Lipinski definition) is 3. The van der Waals surface area contributed by atoms with Gasteiger partial charge in [0.1, 0.15) is 0 Å². The third kappa shape index (κ3) is 2.60. The second-order valence-electron chi connectivity index (χ2n) is 5.58. The van der Waals surface area contributed by atoms with Crippen molar-refractivity contribution in [2.45, 2.75) is 25.9 Å². The molecule has 0 saturated carbocycles. The molecule has 22 heavy (non-hydrogen) atoms. The third-order valence-corrected chi connectivity index (χ3v) is 4.40. The molecule has 2 atom stereocenters. The molecule has 6 heteroatoms. The van der Waals surface area contributed by atoms with Gasteiger partial charge in [-0.25, -0.2) is 0 Å². The van der Waals surface area contributed by atoms with E-state index >= 15 is 0 Å². The van der Waals surface area contributed by atoms with Crippen molar-refractivity contribution in [1.29, 1.82) is 0 Å². The van der Waals surface area contributed by atoms with Crippen LogP contribution in [0.2, 0.25) is 0 Å². The van der Waals surface area contributed by atoms with Crippen LogP contribution in [0.15, 0.2) is 30.5 Å². The van der Waals surface area contributed by atoms with Gasteiger partial charge in [-0.1, -0.05) is 6.07 Å². The highest BCUT2D eigenvalue weighted by molar-refractivity contribution is 7.80. The molecule has 3 N–H and O–H groups in total. The highest BCUT2D eigenvalue weighted by atomic mass is 32.1. The second kappa shape index (κ2) is 6.06. The number of thiocarbonyl (C=S) groups is 1. The highest BCUT2D eigenvalue weighted by Gasteiger charge is 2.40. The molecule has 0 amide bonds. The number of aliphatic hydroxyl groups excluding tert-OH is 1. The lowest BCUT2D eigenvalue weighted by molar-refractivity contribution is 0.223. The number of aromatic nitrogens is 2. The zero-order valence-corrected chi connectivity index (χ0v) is 13.5. The molecule has 2 aromatic heterocycles. The lowest BCUT2D eigenvalue weighted by Gasteiger charge is -2.27. The largest absolute Gasteiger partial charge is 0.395 e. The van der Waals surface area contributed by atoms with Crippen LogP contribution in [0.5, 0.6) is 0 Å². The SMILES string of the molecule is Cc1cc(C2C(c3ccccn3)NC(=S)N2CCO)c(C)[nH]1. The van der Waals surface area contributed by atoms with Crippen LogP contribution in [0, 0.1) is 13.8 Å². The molecule has 0 aromatic carbocycles. The molecule has 5 nitrogen and oxygen atoms in total. The number of H-pyrrole nitrogens is 1. The molecule has 2 unspecified atom stereocenters. The van der Waals surface area contributed by atoms with Crippen molar-refractivity contribution in [3.8, 4) is 0 Å². The average Bonchev–Trinajstić information content (AvgIpc) is 3.00. The molecular weight excluding hydrogens is 296 g/mol. The summed E-state index contributed by atoms with van der Waals surface area (Å²) in [6.45, 7) is 4.68. The average molecular weight is 316 g/mol. The molecule has 1 saturated heterocycles. The molecule has 3 heterocycles. The Kier molecular flexibility index (Phi) is 4.13. The molecule has 0 bridgehead atoms. The Hall–Kier alpha value is -1.92. The quantitative estimate of drug-likeness (QED) is 0.753. The first kappa shape index (κ1) is 15.0. The monoisotopic (exact) mass is 316 g/mol. The Morgan fingerprint density at radius 3 is 2.77 bits per heavy atom. The summed E-state index contributed by atoms with van der Waals surface area (Å²) >= 11 is 5.48. The van der Waals surface area contributed by atoms with Gasteiger partial charge < -0.3 is 20.3 Å². The molecule has 3 rings (SSSR count). The molecule has 0 radical (unpaired) electrons. The van der Waals surface area contributed by atoms with E-state index in [2.05, 4.69) is 28.3 Å². The van der Waals surface area contributed by atoms with Crippen LogP contribution in [-0.4, -0.2) is 38.2 Å². The van der Waals surface area contributed by atoms with E-state index in [4.69, 9.17) is 12.2 Å². The summed E-state index contributed by atoms with van der Waals surface area (Å²) in [7, 11) is 0. The smallest absolute Gasteiger partial charge is 0.170 e. The van der Waals surface area contributed by atoms with Crippen molar-refractivity contribution in [2.75, 3.05) is 13.2 Å². The van der Waals surface area contributed by atoms with Crippen LogP contribution in [0.3, 0.4) is 0 Å². The van der Waals surface area contributed by atoms with Gasteiger partial charge in [0.15, 0.2) is 5.11 Å². The fourth-order valence-corrected chi connectivity index (χ4v) is 3.48. The number of aryl methyl sites for hydroxylation is 2. The van der Waals surface area contributed by atoms with Crippen LogP contribution in [-0.2, 0) is 0 Å². The van der Waals surface area contributed by atoms with Crippen molar-refractivity contribution in [3.63, 3.8) is 0 Å². The topological polar surface area (TPSA) is 64.2 Å². The first-order valence-electron chi connectivity index (χ1n) is 7.37. The van der Waals surface area contributed by atoms with Gasteiger partial charge in [-0.15, -0.1) is 0 Å². The first-order valence-corrected chi connectivity index (χ1v) is 7.77. The van der Waals surface area contributed by atoms with Crippen LogP contribution >= 0.6 is 12.2 Å². The summed E-state index contributed by atoms with van der Waals surface area (Å²) in [5.41, 5.74) is 4.38. The molecule has 116 valence electrons. The van der Waals surface area contributed by atoms with Gasteiger partial charge in [-0.2, -0.15) is 0 Å². The van der Waals surface area contributed by atoms with E-state index in [0.717, 1.165) is 17.1 Å². The molecular formula is C16H20N4OS. The number of nitrogens with zero attached hydrogens (tertiary/aromatic N) is 2. The predicted octanol–water partition coefficient (Wildman–Crippen LogP) is 1.99. The number of hydrogen-bond acceptors (Lipinski definition) is 3. The number of aromatic amines is 1. The Labute approximate surface area is 135 Å². The Bertz CT molecular complexity index is 670. The minimum absolute atomic E-state index is 0.0193. The van der Waals surface area contributed by atoms with Crippen LogP contribution in [0.25, 0.3) is 0 Å². The highest BCUT2D eigenvalue weighted by Crippen LogP contribution is 2.39. The fourth-order valence-electron chi connectivity index (χ4n) is 3.15. The van der Waals surface area contributed by atoms with Crippen molar-refractivity contribution < 1.29 is 5.11 Å². The summed E-state index contributed by atoms with van der Waals surface area (Å²) in [5.74, 6) is 0. The molecule has 2 aromatic rings. The lowest BCUT2D eigenvalue weighted by atomic mass is 9.97. The van der Waals surface area contributed by atoms with E-state index < -0.39 is 0 Å². The number of β-amino-alcohol motifs (C(OH)–C–C–N with tert-alkyl or cyclic N) is 1. The molecule has 1 fully saturated rings. The molecule has 1 aliphatic heterocycles. The third-order valence-electron chi connectivity index (χ3n) is 4.05. The Balaban J connectivity index is 2.05. The fraction of sp³-hybridized carbons (Fsp3) is 0.375. The zero-order chi connectivity index (χ0) is 15.7. The van der Waals surface area contributed by atoms with Gasteiger partial charge in [-0.05, 0) is 49.8 Å². The second-order valence-corrected chi connectivity index (χ2v) is 5.96. The van der Waals surface area contributed by atoms with Gasteiger partial charge >= 0.3 is 0 Å². The first-order chi connectivity index (χ1) is 10.6. The predicted molar refractivity (Wildman–Crippen MR) is 89.5 cm³/mol. The van der Waals surface area contributed by atoms with Crippen LogP contribution in [0.4, 0.5) is 0 Å². The minimum atomic E-state index is -0.0193. The summed E-state index contributed by atoms with van der Waals surface area (Å²) in [4.78, 5) is 9.88. The summed E-state index contributed by atoms with van der Waals surface area (Å²) in [5, 5.41) is 13.4. The van der Waals surface area contributed by atoms with E-state index in [1.54, 1.807) is 6.20 Å². The van der Waals surface area contributed by atoms with E-state index in [9.17, 15) is 5.11 Å². The van der Waals surface area contributed by atoms with Crippen LogP contribution < -0.4 is 5.32 Å². The summed E-state index contributed by atoms with van der Waals surface area (Å²) in [6.07, 6.45) is 1.79. The molecule has 0 spiro atoms. The minimum Gasteiger partial charge on any atom is -0.395 e. The zero-order valence-electron chi connectivity index (χ0n) is 12.7. The van der Waals surface area contributed by atoms with Crippen molar-refractivity contribution >= 4 is 17.3 Å². The van der Waals surface area contributed by atoms with E-state index in [0.29, 0.717) is 11.7 Å². The van der Waals surface area contributed by atoms with Crippen molar-refractivity contribution in [3.05, 3.63) is 53.1 Å². The van der Waals surface area contributed by atoms with E-state index in [1.807, 2.05) is 30.0 Å². The van der Waals surface area contributed by atoms with Crippen molar-refractivity contribution in [1.82, 2.24) is 20.2 Å². The Morgan fingerprint density at radius 1 is 1.36 bits per heavy atom. The standard InChI is InChI=1S/C16H20N4OS/c1-10-9-12(11(2)18-10)15-14(13-5-3-4-6-17-13)19-16(22)20(15)7-8-21/h3-6,9,14-15,18,21H,7-8H2,1-2H3,(H,19,22). The maximum absolute atomic E-state index is 9.39. The van der Waals surface area contributed by atoms with Gasteiger partial charge in [0.2, 0.25) is 0 Å². The van der Waals surface area contributed by atoms with Crippen LogP contribution in [0.1, 0.15) is 34.7 Å². The van der Waals surface area contributed by atoms with E-state index in [-0.39, 0.29) is 18.7 Å².